The van der Waals surface area contributed by atoms with Crippen molar-refractivity contribution in [3.8, 4) is 17.6 Å². The van der Waals surface area contributed by atoms with Gasteiger partial charge in [0.05, 0.1) is 0 Å². The minimum atomic E-state index is -0.147. The van der Waals surface area contributed by atoms with Gasteiger partial charge in [-0.1, -0.05) is 0 Å². The predicted molar refractivity (Wildman–Crippen MR) is 93.2 cm³/mol. The van der Waals surface area contributed by atoms with E-state index in [1.807, 2.05) is 0 Å². The maximum Gasteiger partial charge on any atom is 0.256 e. The third kappa shape index (κ3) is 3.48. The third-order valence-corrected chi connectivity index (χ3v) is 3.20. The lowest BCUT2D eigenvalue weighted by atomic mass is 10.5. The molecule has 0 radical (unpaired) electrons. The monoisotopic (exact) mass is 404 g/mol. The van der Waals surface area contributed by atoms with Crippen molar-refractivity contribution < 1.29 is 0 Å². The van der Waals surface area contributed by atoms with Crippen molar-refractivity contribution >= 4 is 17.8 Å². The van der Waals surface area contributed by atoms with Gasteiger partial charge in [0.2, 0.25) is 17.8 Å². The normalized spacial score (nSPS) is 10.0. The summed E-state index contributed by atoms with van der Waals surface area (Å²) in [5.41, 5.74) is 25.5. The average molecular weight is 404 g/mol. The Balaban J connectivity index is 1.86. The summed E-state index contributed by atoms with van der Waals surface area (Å²) in [5, 5.41) is 21.8. The Morgan fingerprint density at radius 2 is 1.03 bits per heavy atom. The maximum absolute atomic E-state index is 8.51. The predicted octanol–water partition coefficient (Wildman–Crippen LogP) is 2.04. The van der Waals surface area contributed by atoms with Crippen molar-refractivity contribution in [2.24, 2.45) is 15.3 Å². The minimum Gasteiger partial charge on any atom is -0.214 e. The number of rotatable bonds is 6. The summed E-state index contributed by atoms with van der Waals surface area (Å²) in [4.78, 5) is 27.9. The lowest BCUT2D eigenvalue weighted by molar-refractivity contribution is 0.747. The Bertz CT molecular complexity index is 1190. The molecule has 0 saturated heterocycles. The van der Waals surface area contributed by atoms with E-state index in [4.69, 9.17) is 16.6 Å². The smallest absolute Gasteiger partial charge is 0.214 e. The van der Waals surface area contributed by atoms with E-state index >= 15 is 0 Å². The first-order valence-corrected chi connectivity index (χ1v) is 7.50. The summed E-state index contributed by atoms with van der Waals surface area (Å²) in [6.45, 7) is 0. The molecular formula is C10H4N20. The van der Waals surface area contributed by atoms with Crippen molar-refractivity contribution in [2.75, 3.05) is 0 Å². The Kier molecular flexibility index (Phi) is 4.50. The van der Waals surface area contributed by atoms with Gasteiger partial charge in [0, 0.05) is 20.8 Å². The van der Waals surface area contributed by atoms with Crippen molar-refractivity contribution in [3.63, 3.8) is 0 Å². The van der Waals surface area contributed by atoms with Crippen molar-refractivity contribution in [1.29, 1.82) is 0 Å². The molecule has 0 atom stereocenters. The molecular weight excluding hydrogens is 400 g/mol. The molecule has 0 aliphatic rings. The van der Waals surface area contributed by atoms with Crippen LogP contribution in [0.2, 0.25) is 0 Å². The van der Waals surface area contributed by atoms with Gasteiger partial charge in [0.25, 0.3) is 5.95 Å². The van der Waals surface area contributed by atoms with E-state index in [-0.39, 0.29) is 35.4 Å². The minimum absolute atomic E-state index is 0.00365. The average Bonchev–Trinajstić information content (AvgIpc) is 3.50. The Labute approximate surface area is 162 Å². The van der Waals surface area contributed by atoms with Gasteiger partial charge in [-0.15, -0.1) is 15.3 Å². The van der Waals surface area contributed by atoms with E-state index in [1.54, 1.807) is 0 Å². The van der Waals surface area contributed by atoms with Crippen LogP contribution in [0.1, 0.15) is 0 Å². The molecule has 30 heavy (non-hydrogen) atoms. The molecule has 0 aliphatic heterocycles. The fourth-order valence-electron chi connectivity index (χ4n) is 2.08. The van der Waals surface area contributed by atoms with Crippen LogP contribution in [0.4, 0.5) is 17.8 Å². The van der Waals surface area contributed by atoms with Crippen molar-refractivity contribution in [3.05, 3.63) is 56.4 Å². The SMILES string of the molecule is [N-]=[N+]=Nc1ncn(-c2cc(-n3cnc(N=[N+]=[N-])n3)nc(-n3cnc(N=[N+]=[N-])n3)n2)n1. The van der Waals surface area contributed by atoms with Crippen LogP contribution in [0.25, 0.3) is 48.9 Å². The summed E-state index contributed by atoms with van der Waals surface area (Å²) in [5.74, 6) is -0.0388. The number of nitrogens with zero attached hydrogens (tertiary/aromatic N) is 20. The van der Waals surface area contributed by atoms with Gasteiger partial charge in [0.15, 0.2) is 11.6 Å². The Hall–Kier alpha value is -5.57. The quantitative estimate of drug-likeness (QED) is 0.260. The number of azide groups is 3. The molecule has 0 spiro atoms. The summed E-state index contributed by atoms with van der Waals surface area (Å²) >= 11 is 0. The molecule has 0 unspecified atom stereocenters. The molecule has 20 heteroatoms. The number of hydrogen-bond donors (Lipinski definition) is 0. The first-order chi connectivity index (χ1) is 14.7. The van der Waals surface area contributed by atoms with Gasteiger partial charge in [-0.05, 0) is 31.9 Å². The van der Waals surface area contributed by atoms with Crippen LogP contribution in [0, 0.1) is 0 Å². The third-order valence-electron chi connectivity index (χ3n) is 3.20. The van der Waals surface area contributed by atoms with Gasteiger partial charge in [0.1, 0.15) is 19.0 Å². The summed E-state index contributed by atoms with van der Waals surface area (Å²) in [6, 6.07) is 1.46. The first-order valence-electron chi connectivity index (χ1n) is 7.50. The van der Waals surface area contributed by atoms with E-state index in [2.05, 4.69) is 70.3 Å². The molecule has 0 aliphatic carbocycles. The zero-order valence-corrected chi connectivity index (χ0v) is 14.3. The van der Waals surface area contributed by atoms with E-state index in [0.29, 0.717) is 0 Å². The fourth-order valence-corrected chi connectivity index (χ4v) is 2.08. The number of hydrogen-bond acceptors (Lipinski definition) is 11. The molecule has 4 rings (SSSR count). The molecule has 0 aromatic carbocycles. The van der Waals surface area contributed by atoms with Crippen LogP contribution in [-0.4, -0.2) is 54.3 Å². The molecule has 144 valence electrons. The summed E-state index contributed by atoms with van der Waals surface area (Å²) < 4.78 is 3.58. The first kappa shape index (κ1) is 17.8. The van der Waals surface area contributed by atoms with Crippen LogP contribution in [-0.2, 0) is 0 Å². The zero-order chi connectivity index (χ0) is 20.9. The van der Waals surface area contributed by atoms with Gasteiger partial charge < -0.3 is 0 Å². The highest BCUT2D eigenvalue weighted by atomic mass is 15.5. The van der Waals surface area contributed by atoms with Gasteiger partial charge in [-0.25, -0.2) is 24.3 Å². The van der Waals surface area contributed by atoms with Crippen molar-refractivity contribution in [1.82, 2.24) is 54.3 Å². The van der Waals surface area contributed by atoms with Gasteiger partial charge >= 0.3 is 0 Å². The van der Waals surface area contributed by atoms with Crippen LogP contribution in [0.3, 0.4) is 0 Å². The second-order valence-electron chi connectivity index (χ2n) is 4.92. The molecule has 20 nitrogen and oxygen atoms in total. The maximum atomic E-state index is 8.51. The summed E-state index contributed by atoms with van der Waals surface area (Å²) in [6.07, 6.45) is 3.76. The molecule has 0 bridgehead atoms. The topological polar surface area (TPSA) is 264 Å². The Morgan fingerprint density at radius 1 is 0.633 bits per heavy atom. The van der Waals surface area contributed by atoms with E-state index in [0.717, 1.165) is 4.68 Å². The highest BCUT2D eigenvalue weighted by molar-refractivity contribution is 5.37. The standard InChI is InChI=1S/C10H4N20/c11-25-19-7-14-2-28(22-7)5-1-6(29-3-15-8(23-29)20-26-12)18-10(17-5)30-4-16-9(24-30)21-27-13/h1-4H. The highest BCUT2D eigenvalue weighted by Crippen LogP contribution is 2.15. The van der Waals surface area contributed by atoms with Crippen LogP contribution in [0.5, 0.6) is 0 Å². The molecule has 0 saturated carbocycles. The lowest BCUT2D eigenvalue weighted by Crippen LogP contribution is -2.10. The summed E-state index contributed by atoms with van der Waals surface area (Å²) in [7, 11) is 0. The second-order valence-corrected chi connectivity index (χ2v) is 4.92. The fraction of sp³-hybridized carbons (Fsp3) is 0. The molecule has 4 aromatic rings. The Morgan fingerprint density at radius 3 is 1.47 bits per heavy atom. The van der Waals surface area contributed by atoms with E-state index in [1.165, 1.54) is 34.4 Å². The molecule has 4 aromatic heterocycles. The van der Waals surface area contributed by atoms with E-state index in [9.17, 15) is 0 Å². The second kappa shape index (κ2) is 7.58. The van der Waals surface area contributed by atoms with Gasteiger partial charge in [-0.3, -0.25) is 0 Å². The highest BCUT2D eigenvalue weighted by Gasteiger charge is 2.14. The van der Waals surface area contributed by atoms with Crippen LogP contribution < -0.4 is 0 Å². The molecule has 4 heterocycles. The van der Waals surface area contributed by atoms with Crippen LogP contribution in [0.15, 0.2) is 40.4 Å². The molecule has 0 N–H and O–H groups in total. The largest absolute Gasteiger partial charge is 0.256 e. The lowest BCUT2D eigenvalue weighted by Gasteiger charge is -2.07. The molecule has 0 fully saturated rings. The van der Waals surface area contributed by atoms with Crippen molar-refractivity contribution in [2.45, 2.75) is 0 Å². The van der Waals surface area contributed by atoms with Crippen LogP contribution >= 0.6 is 0 Å². The number of aromatic nitrogens is 11. The molecule has 0 amide bonds. The van der Waals surface area contributed by atoms with E-state index < -0.39 is 0 Å². The van der Waals surface area contributed by atoms with Gasteiger partial charge in [-0.2, -0.15) is 14.6 Å². The zero-order valence-electron chi connectivity index (χ0n) is 14.3.